The largest absolute Gasteiger partial charge is 0.445 e. The second kappa shape index (κ2) is 6.52. The van der Waals surface area contributed by atoms with E-state index in [1.165, 1.54) is 0 Å². The number of rotatable bonds is 3. The van der Waals surface area contributed by atoms with Crippen LogP contribution in [0.2, 0.25) is 0 Å². The first-order valence-corrected chi connectivity index (χ1v) is 6.52. The molecule has 0 aliphatic heterocycles. The second-order valence-electron chi connectivity index (χ2n) is 4.90. The zero-order valence-electron chi connectivity index (χ0n) is 10.7. The molecule has 19 heavy (non-hydrogen) atoms. The first-order chi connectivity index (χ1) is 9.15. The van der Waals surface area contributed by atoms with E-state index >= 15 is 0 Å². The molecular formula is C14H19FN2O2. The van der Waals surface area contributed by atoms with Crippen molar-refractivity contribution in [3.8, 4) is 0 Å². The van der Waals surface area contributed by atoms with Gasteiger partial charge in [0.2, 0.25) is 0 Å². The SMILES string of the molecule is N[C@H]1CC[C@H](NC(=O)OCc2ccccc2)[C@@H](F)C1. The van der Waals surface area contributed by atoms with Crippen LogP contribution in [0.15, 0.2) is 30.3 Å². The number of hydrogen-bond acceptors (Lipinski definition) is 3. The lowest BCUT2D eigenvalue weighted by Gasteiger charge is -2.29. The monoisotopic (exact) mass is 266 g/mol. The van der Waals surface area contributed by atoms with E-state index in [1.807, 2.05) is 30.3 Å². The van der Waals surface area contributed by atoms with Crippen molar-refractivity contribution in [3.05, 3.63) is 35.9 Å². The van der Waals surface area contributed by atoms with E-state index in [0.29, 0.717) is 12.8 Å². The zero-order valence-corrected chi connectivity index (χ0v) is 10.7. The Balaban J connectivity index is 1.75. The third-order valence-corrected chi connectivity index (χ3v) is 3.33. The fraction of sp³-hybridized carbons (Fsp3) is 0.500. The lowest BCUT2D eigenvalue weighted by atomic mass is 9.90. The molecule has 5 heteroatoms. The van der Waals surface area contributed by atoms with Gasteiger partial charge in [0.15, 0.2) is 0 Å². The predicted octanol–water partition coefficient (Wildman–Crippen LogP) is 2.13. The summed E-state index contributed by atoms with van der Waals surface area (Å²) in [6, 6.07) is 8.78. The molecular weight excluding hydrogens is 247 g/mol. The van der Waals surface area contributed by atoms with Gasteiger partial charge in [-0.2, -0.15) is 0 Å². The van der Waals surface area contributed by atoms with Gasteiger partial charge in [0.1, 0.15) is 12.8 Å². The number of amides is 1. The van der Waals surface area contributed by atoms with Crippen molar-refractivity contribution in [2.24, 2.45) is 5.73 Å². The molecule has 1 aromatic carbocycles. The number of alkyl carbamates (subject to hydrolysis) is 1. The van der Waals surface area contributed by atoms with E-state index in [-0.39, 0.29) is 12.6 Å². The van der Waals surface area contributed by atoms with E-state index < -0.39 is 18.3 Å². The summed E-state index contributed by atoms with van der Waals surface area (Å²) in [6.45, 7) is 0.190. The smallest absolute Gasteiger partial charge is 0.407 e. The number of carbonyl (C=O) groups excluding carboxylic acids is 1. The molecule has 1 amide bonds. The van der Waals surface area contributed by atoms with Crippen LogP contribution in [0.5, 0.6) is 0 Å². The maximum atomic E-state index is 13.7. The van der Waals surface area contributed by atoms with Crippen molar-refractivity contribution in [1.29, 1.82) is 0 Å². The molecule has 104 valence electrons. The number of alkyl halides is 1. The zero-order chi connectivity index (χ0) is 13.7. The Morgan fingerprint density at radius 2 is 2.11 bits per heavy atom. The average Bonchev–Trinajstić information content (AvgIpc) is 2.41. The summed E-state index contributed by atoms with van der Waals surface area (Å²) in [5.41, 5.74) is 6.57. The Bertz CT molecular complexity index is 413. The third kappa shape index (κ3) is 4.21. The number of nitrogens with two attached hydrogens (primary N) is 1. The highest BCUT2D eigenvalue weighted by atomic mass is 19.1. The van der Waals surface area contributed by atoms with E-state index in [9.17, 15) is 9.18 Å². The first-order valence-electron chi connectivity index (χ1n) is 6.52. The summed E-state index contributed by atoms with van der Waals surface area (Å²) in [6.07, 6.45) is -0.0869. The van der Waals surface area contributed by atoms with Gasteiger partial charge in [0, 0.05) is 6.04 Å². The normalized spacial score (nSPS) is 26.7. The minimum absolute atomic E-state index is 0.103. The van der Waals surface area contributed by atoms with Crippen molar-refractivity contribution in [3.63, 3.8) is 0 Å². The summed E-state index contributed by atoms with van der Waals surface area (Å²) in [5, 5.41) is 2.57. The van der Waals surface area contributed by atoms with Crippen LogP contribution in [-0.4, -0.2) is 24.3 Å². The second-order valence-corrected chi connectivity index (χ2v) is 4.90. The molecule has 0 unspecified atom stereocenters. The van der Waals surface area contributed by atoms with Crippen LogP contribution < -0.4 is 11.1 Å². The molecule has 1 aliphatic carbocycles. The minimum Gasteiger partial charge on any atom is -0.445 e. The number of carbonyl (C=O) groups is 1. The van der Waals surface area contributed by atoms with Crippen molar-refractivity contribution in [2.75, 3.05) is 0 Å². The Hall–Kier alpha value is -1.62. The molecule has 3 atom stereocenters. The number of ether oxygens (including phenoxy) is 1. The fourth-order valence-electron chi connectivity index (χ4n) is 2.22. The summed E-state index contributed by atoms with van der Waals surface area (Å²) in [4.78, 5) is 11.6. The minimum atomic E-state index is -1.09. The molecule has 0 aromatic heterocycles. The van der Waals surface area contributed by atoms with Crippen LogP contribution in [0, 0.1) is 0 Å². The highest BCUT2D eigenvalue weighted by Crippen LogP contribution is 2.20. The highest BCUT2D eigenvalue weighted by molar-refractivity contribution is 5.67. The maximum Gasteiger partial charge on any atom is 0.407 e. The van der Waals surface area contributed by atoms with Crippen LogP contribution in [-0.2, 0) is 11.3 Å². The Morgan fingerprint density at radius 1 is 1.37 bits per heavy atom. The fourth-order valence-corrected chi connectivity index (χ4v) is 2.22. The van der Waals surface area contributed by atoms with Crippen LogP contribution in [0.3, 0.4) is 0 Å². The van der Waals surface area contributed by atoms with Crippen molar-refractivity contribution in [2.45, 2.75) is 44.1 Å². The van der Waals surface area contributed by atoms with Gasteiger partial charge < -0.3 is 15.8 Å². The van der Waals surface area contributed by atoms with Crippen molar-refractivity contribution in [1.82, 2.24) is 5.32 Å². The van der Waals surface area contributed by atoms with Gasteiger partial charge >= 0.3 is 6.09 Å². The molecule has 1 saturated carbocycles. The van der Waals surface area contributed by atoms with Crippen LogP contribution in [0.25, 0.3) is 0 Å². The molecule has 1 aromatic rings. The summed E-state index contributed by atoms with van der Waals surface area (Å²) in [7, 11) is 0. The van der Waals surface area contributed by atoms with Crippen molar-refractivity contribution < 1.29 is 13.9 Å². The number of nitrogens with one attached hydrogen (secondary N) is 1. The summed E-state index contributed by atoms with van der Waals surface area (Å²) in [5.74, 6) is 0. The first kappa shape index (κ1) is 13.8. The van der Waals surface area contributed by atoms with Gasteiger partial charge in [0.25, 0.3) is 0 Å². The molecule has 4 nitrogen and oxygen atoms in total. The van der Waals surface area contributed by atoms with Gasteiger partial charge in [0.05, 0.1) is 6.04 Å². The number of hydrogen-bond donors (Lipinski definition) is 2. The Morgan fingerprint density at radius 3 is 2.79 bits per heavy atom. The third-order valence-electron chi connectivity index (χ3n) is 3.33. The average molecular weight is 266 g/mol. The van der Waals surface area contributed by atoms with E-state index in [0.717, 1.165) is 12.0 Å². The van der Waals surface area contributed by atoms with Crippen molar-refractivity contribution >= 4 is 6.09 Å². The molecule has 0 saturated heterocycles. The lowest BCUT2D eigenvalue weighted by Crippen LogP contribution is -2.47. The Labute approximate surface area is 112 Å². The van der Waals surface area contributed by atoms with Gasteiger partial charge in [-0.05, 0) is 24.8 Å². The molecule has 0 spiro atoms. The summed E-state index contributed by atoms with van der Waals surface area (Å²) < 4.78 is 18.7. The molecule has 0 bridgehead atoms. The van der Waals surface area contributed by atoms with Crippen LogP contribution >= 0.6 is 0 Å². The Kier molecular flexibility index (Phi) is 4.74. The van der Waals surface area contributed by atoms with E-state index in [2.05, 4.69) is 5.32 Å². The molecule has 1 aliphatic rings. The maximum absolute atomic E-state index is 13.7. The summed E-state index contributed by atoms with van der Waals surface area (Å²) >= 11 is 0. The van der Waals surface area contributed by atoms with Crippen LogP contribution in [0.1, 0.15) is 24.8 Å². The van der Waals surface area contributed by atoms with E-state index in [1.54, 1.807) is 0 Å². The van der Waals surface area contributed by atoms with Gasteiger partial charge in [-0.1, -0.05) is 30.3 Å². The van der Waals surface area contributed by atoms with Gasteiger partial charge in [-0.3, -0.25) is 0 Å². The number of halogens is 1. The molecule has 0 radical (unpaired) electrons. The van der Waals surface area contributed by atoms with Crippen LogP contribution in [0.4, 0.5) is 9.18 Å². The number of benzene rings is 1. The molecule has 3 N–H and O–H groups in total. The van der Waals surface area contributed by atoms with Gasteiger partial charge in [-0.15, -0.1) is 0 Å². The lowest BCUT2D eigenvalue weighted by molar-refractivity contribution is 0.116. The van der Waals surface area contributed by atoms with E-state index in [4.69, 9.17) is 10.5 Å². The molecule has 0 heterocycles. The molecule has 1 fully saturated rings. The standard InChI is InChI=1S/C14H19FN2O2/c15-12-8-11(16)6-7-13(12)17-14(18)19-9-10-4-2-1-3-5-10/h1-5,11-13H,6-9,16H2,(H,17,18)/t11-,12-,13-/m0/s1. The highest BCUT2D eigenvalue weighted by Gasteiger charge is 2.30. The van der Waals surface area contributed by atoms with Gasteiger partial charge in [-0.25, -0.2) is 9.18 Å². The topological polar surface area (TPSA) is 64.3 Å². The molecule has 2 rings (SSSR count). The quantitative estimate of drug-likeness (QED) is 0.881. The predicted molar refractivity (Wildman–Crippen MR) is 70.3 cm³/mol.